The number of aryl methyl sites for hydroxylation is 1. The fourth-order valence-corrected chi connectivity index (χ4v) is 2.27. The van der Waals surface area contributed by atoms with E-state index < -0.39 is 5.91 Å². The molecule has 0 atom stereocenters. The van der Waals surface area contributed by atoms with Gasteiger partial charge in [-0.3, -0.25) is 14.5 Å². The molecule has 120 valence electrons. The van der Waals surface area contributed by atoms with E-state index in [1.165, 1.54) is 0 Å². The fraction of sp³-hybridized carbons (Fsp3) is 0.222. The van der Waals surface area contributed by atoms with Crippen molar-refractivity contribution in [3.8, 4) is 0 Å². The van der Waals surface area contributed by atoms with Gasteiger partial charge < -0.3 is 11.1 Å². The summed E-state index contributed by atoms with van der Waals surface area (Å²) in [5, 5.41) is 2.86. The van der Waals surface area contributed by atoms with Gasteiger partial charge in [0.25, 0.3) is 0 Å². The first-order valence-corrected chi connectivity index (χ1v) is 7.38. The Bertz CT molecular complexity index is 696. The number of anilines is 1. The number of rotatable bonds is 6. The van der Waals surface area contributed by atoms with E-state index in [4.69, 9.17) is 5.73 Å². The number of carbonyl (C=O) groups is 2. The van der Waals surface area contributed by atoms with Crippen LogP contribution in [0.3, 0.4) is 0 Å². The zero-order chi connectivity index (χ0) is 16.8. The zero-order valence-corrected chi connectivity index (χ0v) is 13.4. The van der Waals surface area contributed by atoms with Crippen molar-refractivity contribution in [2.24, 2.45) is 5.73 Å². The standard InChI is InChI=1S/C18H21N3O2/c1-13-6-8-16(9-7-13)20-17(22)12-21(2)11-14-4-3-5-15(10-14)18(19)23/h3-10H,11-12H2,1-2H3,(H2,19,23)(H,20,22). The Morgan fingerprint density at radius 2 is 1.83 bits per heavy atom. The zero-order valence-electron chi connectivity index (χ0n) is 13.4. The largest absolute Gasteiger partial charge is 0.366 e. The highest BCUT2D eigenvalue weighted by molar-refractivity contribution is 5.93. The van der Waals surface area contributed by atoms with Gasteiger partial charge in [0.15, 0.2) is 0 Å². The second-order valence-corrected chi connectivity index (χ2v) is 5.65. The van der Waals surface area contributed by atoms with Gasteiger partial charge in [-0.25, -0.2) is 0 Å². The number of likely N-dealkylation sites (N-methyl/N-ethyl adjacent to an activating group) is 1. The summed E-state index contributed by atoms with van der Waals surface area (Å²) in [6.45, 7) is 2.82. The van der Waals surface area contributed by atoms with Crippen molar-refractivity contribution in [3.05, 3.63) is 65.2 Å². The molecule has 2 aromatic carbocycles. The summed E-state index contributed by atoms with van der Waals surface area (Å²) in [6, 6.07) is 14.8. The van der Waals surface area contributed by atoms with Crippen LogP contribution in [0, 0.1) is 6.92 Å². The SMILES string of the molecule is Cc1ccc(NC(=O)CN(C)Cc2cccc(C(N)=O)c2)cc1. The van der Waals surface area contributed by atoms with Crippen molar-refractivity contribution in [2.45, 2.75) is 13.5 Å². The van der Waals surface area contributed by atoms with Crippen LogP contribution in [0.15, 0.2) is 48.5 Å². The number of nitrogens with zero attached hydrogens (tertiary/aromatic N) is 1. The van der Waals surface area contributed by atoms with E-state index in [9.17, 15) is 9.59 Å². The summed E-state index contributed by atoms with van der Waals surface area (Å²) in [5.41, 5.74) is 8.61. The van der Waals surface area contributed by atoms with Crippen LogP contribution in [0.2, 0.25) is 0 Å². The van der Waals surface area contributed by atoms with Gasteiger partial charge >= 0.3 is 0 Å². The first-order chi connectivity index (χ1) is 10.9. The van der Waals surface area contributed by atoms with Crippen molar-refractivity contribution in [2.75, 3.05) is 18.9 Å². The lowest BCUT2D eigenvalue weighted by molar-refractivity contribution is -0.117. The van der Waals surface area contributed by atoms with Crippen LogP contribution in [-0.2, 0) is 11.3 Å². The summed E-state index contributed by atoms with van der Waals surface area (Å²) < 4.78 is 0. The Balaban J connectivity index is 1.90. The van der Waals surface area contributed by atoms with Gasteiger partial charge in [-0.1, -0.05) is 29.8 Å². The molecule has 0 bridgehead atoms. The Labute approximate surface area is 136 Å². The predicted octanol–water partition coefficient (Wildman–Crippen LogP) is 2.16. The maximum absolute atomic E-state index is 12.0. The second kappa shape index (κ2) is 7.56. The molecular formula is C18H21N3O2. The van der Waals surface area contributed by atoms with Gasteiger partial charge in [-0.05, 0) is 43.8 Å². The van der Waals surface area contributed by atoms with Gasteiger partial charge in [0.1, 0.15) is 0 Å². The number of nitrogens with two attached hydrogens (primary N) is 1. The summed E-state index contributed by atoms with van der Waals surface area (Å²) in [6.07, 6.45) is 0. The molecule has 0 spiro atoms. The number of primary amides is 1. The molecule has 2 rings (SSSR count). The lowest BCUT2D eigenvalue weighted by atomic mass is 10.1. The molecule has 0 heterocycles. The smallest absolute Gasteiger partial charge is 0.248 e. The molecule has 2 aromatic rings. The second-order valence-electron chi connectivity index (χ2n) is 5.65. The van der Waals surface area contributed by atoms with Crippen molar-refractivity contribution in [1.82, 2.24) is 4.90 Å². The molecule has 0 saturated carbocycles. The van der Waals surface area contributed by atoms with E-state index in [1.54, 1.807) is 18.2 Å². The Morgan fingerprint density at radius 1 is 1.13 bits per heavy atom. The Kier molecular flexibility index (Phi) is 5.49. The fourth-order valence-electron chi connectivity index (χ4n) is 2.27. The Hall–Kier alpha value is -2.66. The molecule has 5 nitrogen and oxygen atoms in total. The number of hydrogen-bond acceptors (Lipinski definition) is 3. The molecule has 0 fully saturated rings. The lowest BCUT2D eigenvalue weighted by Crippen LogP contribution is -2.29. The topological polar surface area (TPSA) is 75.4 Å². The Morgan fingerprint density at radius 3 is 2.48 bits per heavy atom. The van der Waals surface area contributed by atoms with E-state index in [2.05, 4.69) is 5.32 Å². The first-order valence-electron chi connectivity index (χ1n) is 7.38. The van der Waals surface area contributed by atoms with Gasteiger partial charge in [-0.15, -0.1) is 0 Å². The van der Waals surface area contributed by atoms with Crippen molar-refractivity contribution >= 4 is 17.5 Å². The van der Waals surface area contributed by atoms with Gasteiger partial charge in [0.2, 0.25) is 11.8 Å². The van der Waals surface area contributed by atoms with Gasteiger partial charge in [0, 0.05) is 17.8 Å². The minimum Gasteiger partial charge on any atom is -0.366 e. The van der Waals surface area contributed by atoms with Crippen molar-refractivity contribution in [3.63, 3.8) is 0 Å². The molecular weight excluding hydrogens is 290 g/mol. The van der Waals surface area contributed by atoms with E-state index >= 15 is 0 Å². The van der Waals surface area contributed by atoms with Crippen LogP contribution in [0.5, 0.6) is 0 Å². The minimum absolute atomic E-state index is 0.0811. The number of hydrogen-bond donors (Lipinski definition) is 2. The highest BCUT2D eigenvalue weighted by Gasteiger charge is 2.09. The lowest BCUT2D eigenvalue weighted by Gasteiger charge is -2.16. The normalized spacial score (nSPS) is 10.6. The van der Waals surface area contributed by atoms with Gasteiger partial charge in [0.05, 0.1) is 6.54 Å². The minimum atomic E-state index is -0.452. The number of nitrogens with one attached hydrogen (secondary N) is 1. The molecule has 0 aliphatic rings. The highest BCUT2D eigenvalue weighted by atomic mass is 16.2. The quantitative estimate of drug-likeness (QED) is 0.858. The number of benzene rings is 2. The third kappa shape index (κ3) is 5.23. The average molecular weight is 311 g/mol. The molecule has 0 aromatic heterocycles. The van der Waals surface area contributed by atoms with Crippen LogP contribution in [0.25, 0.3) is 0 Å². The van der Waals surface area contributed by atoms with Gasteiger partial charge in [-0.2, -0.15) is 0 Å². The van der Waals surface area contributed by atoms with Crippen LogP contribution >= 0.6 is 0 Å². The van der Waals surface area contributed by atoms with E-state index in [0.717, 1.165) is 16.8 Å². The van der Waals surface area contributed by atoms with Crippen LogP contribution in [-0.4, -0.2) is 30.3 Å². The summed E-state index contributed by atoms with van der Waals surface area (Å²) >= 11 is 0. The van der Waals surface area contributed by atoms with Crippen LogP contribution < -0.4 is 11.1 Å². The molecule has 0 aliphatic carbocycles. The molecule has 23 heavy (non-hydrogen) atoms. The van der Waals surface area contributed by atoms with E-state index in [-0.39, 0.29) is 12.5 Å². The number of amides is 2. The van der Waals surface area contributed by atoms with Crippen molar-refractivity contribution < 1.29 is 9.59 Å². The molecule has 5 heteroatoms. The maximum Gasteiger partial charge on any atom is 0.248 e. The molecule has 0 radical (unpaired) electrons. The molecule has 0 unspecified atom stereocenters. The average Bonchev–Trinajstić information content (AvgIpc) is 2.49. The summed E-state index contributed by atoms with van der Waals surface area (Å²) in [7, 11) is 1.85. The summed E-state index contributed by atoms with van der Waals surface area (Å²) in [5.74, 6) is -0.533. The van der Waals surface area contributed by atoms with Crippen LogP contribution in [0.4, 0.5) is 5.69 Å². The monoisotopic (exact) mass is 311 g/mol. The summed E-state index contributed by atoms with van der Waals surface area (Å²) in [4.78, 5) is 25.1. The highest BCUT2D eigenvalue weighted by Crippen LogP contribution is 2.10. The van der Waals surface area contributed by atoms with E-state index in [0.29, 0.717) is 12.1 Å². The first kappa shape index (κ1) is 16.7. The van der Waals surface area contributed by atoms with Crippen LogP contribution in [0.1, 0.15) is 21.5 Å². The third-order valence-electron chi connectivity index (χ3n) is 3.41. The molecule has 3 N–H and O–H groups in total. The molecule has 0 aliphatic heterocycles. The third-order valence-corrected chi connectivity index (χ3v) is 3.41. The predicted molar refractivity (Wildman–Crippen MR) is 91.1 cm³/mol. The molecule has 0 saturated heterocycles. The van der Waals surface area contributed by atoms with E-state index in [1.807, 2.05) is 49.2 Å². The van der Waals surface area contributed by atoms with Crippen molar-refractivity contribution in [1.29, 1.82) is 0 Å². The molecule has 2 amide bonds. The number of carbonyl (C=O) groups excluding carboxylic acids is 2. The maximum atomic E-state index is 12.0.